The number of nitrogens with zero attached hydrogens (tertiary/aromatic N) is 3. The number of aryl methyl sites for hydroxylation is 2. The maximum atomic E-state index is 11.1. The summed E-state index contributed by atoms with van der Waals surface area (Å²) in [5, 5.41) is 9.09. The molecule has 0 radical (unpaired) electrons. The highest BCUT2D eigenvalue weighted by molar-refractivity contribution is 5.88. The molecule has 92 valence electrons. The number of fused-ring (bicyclic) bond motifs is 1. The van der Waals surface area contributed by atoms with E-state index >= 15 is 0 Å². The third-order valence-electron chi connectivity index (χ3n) is 2.22. The first-order valence-electron chi connectivity index (χ1n) is 5.70. The lowest BCUT2D eigenvalue weighted by atomic mass is 10.2. The SMILES string of the molecule is CC.CCc1nc2ncc(C)cn2c1C(=O)O. The van der Waals surface area contributed by atoms with Crippen molar-refractivity contribution in [2.75, 3.05) is 0 Å². The second kappa shape index (κ2) is 5.43. The molecule has 17 heavy (non-hydrogen) atoms. The van der Waals surface area contributed by atoms with Crippen molar-refractivity contribution in [3.05, 3.63) is 29.3 Å². The number of carboxylic acids is 1. The summed E-state index contributed by atoms with van der Waals surface area (Å²) in [5.74, 6) is -0.526. The van der Waals surface area contributed by atoms with Crippen molar-refractivity contribution in [3.63, 3.8) is 0 Å². The van der Waals surface area contributed by atoms with Crippen LogP contribution in [0.3, 0.4) is 0 Å². The standard InChI is InChI=1S/C10H11N3O2.C2H6/c1-3-7-8(9(14)15)13-5-6(2)4-11-10(13)12-7;1-2/h4-5H,3H2,1-2H3,(H,14,15);1-2H3. The Bertz CT molecular complexity index is 532. The van der Waals surface area contributed by atoms with E-state index in [0.717, 1.165) is 5.56 Å². The molecule has 2 heterocycles. The Morgan fingerprint density at radius 3 is 2.65 bits per heavy atom. The normalized spacial score (nSPS) is 9.88. The number of imidazole rings is 1. The van der Waals surface area contributed by atoms with Gasteiger partial charge in [0.05, 0.1) is 5.69 Å². The van der Waals surface area contributed by atoms with Crippen LogP contribution in [0.15, 0.2) is 12.4 Å². The van der Waals surface area contributed by atoms with E-state index in [2.05, 4.69) is 9.97 Å². The van der Waals surface area contributed by atoms with Gasteiger partial charge in [0.2, 0.25) is 5.78 Å². The summed E-state index contributed by atoms with van der Waals surface area (Å²) in [6.45, 7) is 7.74. The minimum Gasteiger partial charge on any atom is -0.477 e. The molecule has 0 fully saturated rings. The van der Waals surface area contributed by atoms with Crippen molar-refractivity contribution < 1.29 is 9.90 Å². The number of hydrogen-bond acceptors (Lipinski definition) is 3. The van der Waals surface area contributed by atoms with Crippen molar-refractivity contribution in [2.45, 2.75) is 34.1 Å². The van der Waals surface area contributed by atoms with Crippen molar-refractivity contribution in [1.82, 2.24) is 14.4 Å². The second-order valence-corrected chi connectivity index (χ2v) is 3.37. The van der Waals surface area contributed by atoms with E-state index in [1.807, 2.05) is 27.7 Å². The first-order chi connectivity index (χ1) is 8.13. The zero-order chi connectivity index (χ0) is 13.0. The van der Waals surface area contributed by atoms with Gasteiger partial charge in [-0.1, -0.05) is 20.8 Å². The Balaban J connectivity index is 0.000000686. The van der Waals surface area contributed by atoms with Gasteiger partial charge in [0.1, 0.15) is 0 Å². The highest BCUT2D eigenvalue weighted by atomic mass is 16.4. The molecule has 2 aromatic heterocycles. The minimum absolute atomic E-state index is 0.212. The average molecular weight is 235 g/mol. The summed E-state index contributed by atoms with van der Waals surface area (Å²) in [7, 11) is 0. The van der Waals surface area contributed by atoms with Crippen LogP contribution >= 0.6 is 0 Å². The predicted octanol–water partition coefficient (Wildman–Crippen LogP) is 2.32. The first kappa shape index (κ1) is 13.2. The van der Waals surface area contributed by atoms with Gasteiger partial charge in [0.15, 0.2) is 5.69 Å². The zero-order valence-electron chi connectivity index (χ0n) is 10.6. The number of aromatic nitrogens is 3. The van der Waals surface area contributed by atoms with Gasteiger partial charge in [-0.2, -0.15) is 0 Å². The van der Waals surface area contributed by atoms with Crippen LogP contribution in [0.25, 0.3) is 5.78 Å². The van der Waals surface area contributed by atoms with Gasteiger partial charge in [0, 0.05) is 12.4 Å². The molecule has 0 amide bonds. The second-order valence-electron chi connectivity index (χ2n) is 3.37. The van der Waals surface area contributed by atoms with Crippen LogP contribution in [0.4, 0.5) is 0 Å². The predicted molar refractivity (Wildman–Crippen MR) is 65.4 cm³/mol. The molecule has 0 bridgehead atoms. The average Bonchev–Trinajstić information content (AvgIpc) is 2.69. The van der Waals surface area contributed by atoms with Crippen molar-refractivity contribution in [3.8, 4) is 0 Å². The first-order valence-corrected chi connectivity index (χ1v) is 5.70. The van der Waals surface area contributed by atoms with E-state index in [1.54, 1.807) is 12.4 Å². The molecular weight excluding hydrogens is 218 g/mol. The lowest BCUT2D eigenvalue weighted by molar-refractivity contribution is 0.0688. The van der Waals surface area contributed by atoms with E-state index in [-0.39, 0.29) is 5.69 Å². The maximum Gasteiger partial charge on any atom is 0.354 e. The molecule has 0 atom stereocenters. The lowest BCUT2D eigenvalue weighted by Crippen LogP contribution is -2.05. The number of rotatable bonds is 2. The van der Waals surface area contributed by atoms with E-state index in [1.165, 1.54) is 4.40 Å². The molecule has 1 N–H and O–H groups in total. The molecule has 0 aromatic carbocycles. The summed E-state index contributed by atoms with van der Waals surface area (Å²) >= 11 is 0. The van der Waals surface area contributed by atoms with Crippen LogP contribution in [-0.2, 0) is 6.42 Å². The van der Waals surface area contributed by atoms with Crippen molar-refractivity contribution in [1.29, 1.82) is 0 Å². The van der Waals surface area contributed by atoms with E-state index in [9.17, 15) is 4.79 Å². The smallest absolute Gasteiger partial charge is 0.354 e. The molecule has 2 rings (SSSR count). The highest BCUT2D eigenvalue weighted by Crippen LogP contribution is 2.12. The summed E-state index contributed by atoms with van der Waals surface area (Å²) in [5.41, 5.74) is 1.69. The summed E-state index contributed by atoms with van der Waals surface area (Å²) in [6.07, 6.45) is 4.00. The fraction of sp³-hybridized carbons (Fsp3) is 0.417. The van der Waals surface area contributed by atoms with Crippen molar-refractivity contribution in [2.24, 2.45) is 0 Å². The van der Waals surface area contributed by atoms with Gasteiger partial charge in [-0.05, 0) is 18.9 Å². The monoisotopic (exact) mass is 235 g/mol. The quantitative estimate of drug-likeness (QED) is 0.867. The molecule has 5 nitrogen and oxygen atoms in total. The van der Waals surface area contributed by atoms with Crippen LogP contribution in [0.1, 0.15) is 42.5 Å². The molecule has 0 saturated carbocycles. The third kappa shape index (κ3) is 2.43. The molecular formula is C12H17N3O2. The minimum atomic E-state index is -0.966. The molecule has 0 spiro atoms. The number of carboxylic acid groups (broad SMARTS) is 1. The summed E-state index contributed by atoms with van der Waals surface area (Å²) in [4.78, 5) is 19.3. The Labute approximate surface area is 100 Å². The molecule has 5 heteroatoms. The molecule has 0 unspecified atom stereocenters. The van der Waals surface area contributed by atoms with Gasteiger partial charge >= 0.3 is 5.97 Å². The number of hydrogen-bond donors (Lipinski definition) is 1. The van der Waals surface area contributed by atoms with Crippen LogP contribution < -0.4 is 0 Å². The topological polar surface area (TPSA) is 67.5 Å². The van der Waals surface area contributed by atoms with Crippen LogP contribution in [0.5, 0.6) is 0 Å². The van der Waals surface area contributed by atoms with Crippen LogP contribution in [0, 0.1) is 6.92 Å². The Morgan fingerprint density at radius 2 is 2.12 bits per heavy atom. The van der Waals surface area contributed by atoms with Crippen LogP contribution in [-0.4, -0.2) is 25.4 Å². The fourth-order valence-corrected chi connectivity index (χ4v) is 1.55. The Hall–Kier alpha value is -1.91. The maximum absolute atomic E-state index is 11.1. The lowest BCUT2D eigenvalue weighted by Gasteiger charge is -1.98. The molecule has 2 aromatic rings. The van der Waals surface area contributed by atoms with E-state index in [0.29, 0.717) is 17.9 Å². The third-order valence-corrected chi connectivity index (χ3v) is 2.22. The number of aromatic carboxylic acids is 1. The van der Waals surface area contributed by atoms with Gasteiger partial charge in [0.25, 0.3) is 0 Å². The van der Waals surface area contributed by atoms with Gasteiger partial charge < -0.3 is 5.11 Å². The Morgan fingerprint density at radius 1 is 1.47 bits per heavy atom. The molecule has 0 aliphatic heterocycles. The number of carbonyl (C=O) groups is 1. The van der Waals surface area contributed by atoms with Crippen molar-refractivity contribution >= 4 is 11.7 Å². The highest BCUT2D eigenvalue weighted by Gasteiger charge is 2.17. The van der Waals surface area contributed by atoms with E-state index in [4.69, 9.17) is 5.11 Å². The molecule has 0 aliphatic carbocycles. The molecule has 0 saturated heterocycles. The largest absolute Gasteiger partial charge is 0.477 e. The van der Waals surface area contributed by atoms with Crippen LogP contribution in [0.2, 0.25) is 0 Å². The van der Waals surface area contributed by atoms with E-state index < -0.39 is 5.97 Å². The summed E-state index contributed by atoms with van der Waals surface area (Å²) < 4.78 is 1.52. The fourth-order valence-electron chi connectivity index (χ4n) is 1.55. The Kier molecular flexibility index (Phi) is 4.20. The van der Waals surface area contributed by atoms with Gasteiger partial charge in [-0.25, -0.2) is 14.8 Å². The zero-order valence-corrected chi connectivity index (χ0v) is 10.6. The molecule has 0 aliphatic rings. The summed E-state index contributed by atoms with van der Waals surface area (Å²) in [6, 6.07) is 0. The van der Waals surface area contributed by atoms with Gasteiger partial charge in [-0.3, -0.25) is 4.40 Å². The van der Waals surface area contributed by atoms with Gasteiger partial charge in [-0.15, -0.1) is 0 Å².